The summed E-state index contributed by atoms with van der Waals surface area (Å²) < 4.78 is 18.0. The number of nitrogens with zero attached hydrogens (tertiary/aromatic N) is 3. The number of hydrogen-bond acceptors (Lipinski definition) is 6. The molecule has 2 aromatic heterocycles. The first kappa shape index (κ1) is 19.6. The van der Waals surface area contributed by atoms with Gasteiger partial charge in [0.25, 0.3) is 0 Å². The van der Waals surface area contributed by atoms with Crippen molar-refractivity contribution in [2.45, 2.75) is 20.8 Å². The van der Waals surface area contributed by atoms with Crippen LogP contribution in [0.25, 0.3) is 17.3 Å². The summed E-state index contributed by atoms with van der Waals surface area (Å²) in [7, 11) is 0. The summed E-state index contributed by atoms with van der Waals surface area (Å²) in [5.41, 5.74) is 1.48. The molecule has 2 heterocycles. The van der Waals surface area contributed by atoms with Crippen LogP contribution in [-0.4, -0.2) is 40.5 Å². The van der Waals surface area contributed by atoms with E-state index in [9.17, 15) is 4.79 Å². The summed E-state index contributed by atoms with van der Waals surface area (Å²) in [6.07, 6.45) is 1.58. The van der Waals surface area contributed by atoms with Gasteiger partial charge >= 0.3 is 6.01 Å². The van der Waals surface area contributed by atoms with Crippen molar-refractivity contribution in [1.29, 1.82) is 0 Å². The SMILES string of the molecule is CCOCCOc1nc(-c2ccco2)n(-c2ccc(NC(=O)C(C)C)cc2)n1. The molecule has 0 aliphatic rings. The molecule has 0 aliphatic carbocycles. The minimum absolute atomic E-state index is 0.0326. The summed E-state index contributed by atoms with van der Waals surface area (Å²) in [5, 5.41) is 7.30. The molecule has 28 heavy (non-hydrogen) atoms. The molecule has 0 aliphatic heterocycles. The molecule has 3 aromatic rings. The zero-order valence-corrected chi connectivity index (χ0v) is 16.2. The lowest BCUT2D eigenvalue weighted by atomic mass is 10.2. The molecule has 0 radical (unpaired) electrons. The highest BCUT2D eigenvalue weighted by Crippen LogP contribution is 2.24. The predicted octanol–water partition coefficient (Wildman–Crippen LogP) is 3.54. The molecule has 8 heteroatoms. The van der Waals surface area contributed by atoms with Crippen LogP contribution in [-0.2, 0) is 9.53 Å². The summed E-state index contributed by atoms with van der Waals surface area (Å²) in [6, 6.07) is 11.2. The summed E-state index contributed by atoms with van der Waals surface area (Å²) in [6.45, 7) is 7.07. The predicted molar refractivity (Wildman–Crippen MR) is 105 cm³/mol. The molecule has 0 spiro atoms. The Morgan fingerprint density at radius 2 is 2.00 bits per heavy atom. The number of rotatable bonds is 9. The lowest BCUT2D eigenvalue weighted by molar-refractivity contribution is -0.118. The van der Waals surface area contributed by atoms with Gasteiger partial charge in [-0.3, -0.25) is 4.79 Å². The Labute approximate surface area is 163 Å². The molecular weight excluding hydrogens is 360 g/mol. The molecule has 3 rings (SSSR count). The third-order valence-electron chi connectivity index (χ3n) is 3.90. The van der Waals surface area contributed by atoms with Gasteiger partial charge in [0.15, 0.2) is 5.76 Å². The second kappa shape index (κ2) is 9.18. The van der Waals surface area contributed by atoms with Crippen molar-refractivity contribution in [1.82, 2.24) is 14.8 Å². The third kappa shape index (κ3) is 4.77. The normalized spacial score (nSPS) is 11.0. The molecule has 1 aromatic carbocycles. The molecule has 0 saturated carbocycles. The van der Waals surface area contributed by atoms with Gasteiger partial charge in [-0.15, -0.1) is 5.10 Å². The van der Waals surface area contributed by atoms with Gasteiger partial charge in [-0.25, -0.2) is 4.68 Å². The average molecular weight is 384 g/mol. The number of hydrogen-bond donors (Lipinski definition) is 1. The third-order valence-corrected chi connectivity index (χ3v) is 3.90. The Morgan fingerprint density at radius 1 is 1.21 bits per heavy atom. The second-order valence-corrected chi connectivity index (χ2v) is 6.34. The van der Waals surface area contributed by atoms with Crippen LogP contribution in [0, 0.1) is 5.92 Å². The van der Waals surface area contributed by atoms with Crippen LogP contribution in [0.5, 0.6) is 6.01 Å². The Bertz CT molecular complexity index is 886. The van der Waals surface area contributed by atoms with Crippen molar-refractivity contribution in [3.63, 3.8) is 0 Å². The maximum absolute atomic E-state index is 11.8. The van der Waals surface area contributed by atoms with Gasteiger partial charge in [0.05, 0.1) is 18.6 Å². The fraction of sp³-hybridized carbons (Fsp3) is 0.350. The molecule has 0 bridgehead atoms. The van der Waals surface area contributed by atoms with E-state index in [-0.39, 0.29) is 17.8 Å². The first-order chi connectivity index (χ1) is 13.6. The van der Waals surface area contributed by atoms with Crippen LogP contribution in [0.4, 0.5) is 5.69 Å². The molecule has 148 valence electrons. The highest BCUT2D eigenvalue weighted by Gasteiger charge is 2.17. The van der Waals surface area contributed by atoms with Crippen molar-refractivity contribution in [3.8, 4) is 23.3 Å². The van der Waals surface area contributed by atoms with Crippen molar-refractivity contribution in [2.24, 2.45) is 5.92 Å². The van der Waals surface area contributed by atoms with Crippen LogP contribution in [0.1, 0.15) is 20.8 Å². The van der Waals surface area contributed by atoms with E-state index in [1.165, 1.54) is 0 Å². The fourth-order valence-electron chi connectivity index (χ4n) is 2.41. The smallest absolute Gasteiger partial charge is 0.336 e. The Morgan fingerprint density at radius 3 is 2.64 bits per heavy atom. The van der Waals surface area contributed by atoms with Crippen LogP contribution in [0.2, 0.25) is 0 Å². The molecule has 0 unspecified atom stereocenters. The maximum atomic E-state index is 11.8. The van der Waals surface area contributed by atoms with Gasteiger partial charge in [0.1, 0.15) is 6.61 Å². The van der Waals surface area contributed by atoms with Crippen LogP contribution in [0.3, 0.4) is 0 Å². The van der Waals surface area contributed by atoms with Gasteiger partial charge in [0.2, 0.25) is 11.7 Å². The first-order valence-electron chi connectivity index (χ1n) is 9.21. The van der Waals surface area contributed by atoms with E-state index in [0.29, 0.717) is 31.4 Å². The number of nitrogens with one attached hydrogen (secondary N) is 1. The first-order valence-corrected chi connectivity index (χ1v) is 9.21. The molecule has 1 N–H and O–H groups in total. The zero-order chi connectivity index (χ0) is 19.9. The Kier molecular flexibility index (Phi) is 6.44. The molecular formula is C20H24N4O4. The fourth-order valence-corrected chi connectivity index (χ4v) is 2.41. The van der Waals surface area contributed by atoms with Crippen molar-refractivity contribution < 1.29 is 18.7 Å². The largest absolute Gasteiger partial charge is 0.461 e. The van der Waals surface area contributed by atoms with Crippen LogP contribution in [0.15, 0.2) is 47.1 Å². The van der Waals surface area contributed by atoms with Crippen molar-refractivity contribution in [2.75, 3.05) is 25.1 Å². The number of anilines is 1. The number of ether oxygens (including phenoxy) is 2. The van der Waals surface area contributed by atoms with E-state index in [4.69, 9.17) is 13.9 Å². The lowest BCUT2D eigenvalue weighted by Crippen LogP contribution is -2.17. The molecule has 1 amide bonds. The summed E-state index contributed by atoms with van der Waals surface area (Å²) in [4.78, 5) is 16.3. The summed E-state index contributed by atoms with van der Waals surface area (Å²) in [5.74, 6) is 0.978. The Balaban J connectivity index is 1.83. The number of furan rings is 1. The van der Waals surface area contributed by atoms with Gasteiger partial charge in [0, 0.05) is 18.2 Å². The van der Waals surface area contributed by atoms with E-state index in [2.05, 4.69) is 15.4 Å². The average Bonchev–Trinajstić information content (AvgIpc) is 3.35. The zero-order valence-electron chi connectivity index (χ0n) is 16.2. The van der Waals surface area contributed by atoms with E-state index in [1.807, 2.05) is 51.1 Å². The number of carbonyl (C=O) groups excluding carboxylic acids is 1. The minimum Gasteiger partial charge on any atom is -0.461 e. The monoisotopic (exact) mass is 384 g/mol. The number of amides is 1. The molecule has 0 saturated heterocycles. The van der Waals surface area contributed by atoms with Gasteiger partial charge in [-0.1, -0.05) is 13.8 Å². The quantitative estimate of drug-likeness (QED) is 0.568. The molecule has 0 fully saturated rings. The van der Waals surface area contributed by atoms with Crippen LogP contribution >= 0.6 is 0 Å². The lowest BCUT2D eigenvalue weighted by Gasteiger charge is -2.09. The van der Waals surface area contributed by atoms with E-state index >= 15 is 0 Å². The van der Waals surface area contributed by atoms with Crippen molar-refractivity contribution >= 4 is 11.6 Å². The molecule has 0 atom stereocenters. The highest BCUT2D eigenvalue weighted by molar-refractivity contribution is 5.92. The number of aromatic nitrogens is 3. The van der Waals surface area contributed by atoms with E-state index in [1.54, 1.807) is 17.0 Å². The Hall–Kier alpha value is -3.13. The highest BCUT2D eigenvalue weighted by atomic mass is 16.5. The standard InChI is InChI=1S/C20H24N4O4/c1-4-26-12-13-28-20-22-18(17-6-5-11-27-17)24(23-20)16-9-7-15(8-10-16)21-19(25)14(2)3/h5-11,14H,4,12-13H2,1-3H3,(H,21,25). The van der Waals surface area contributed by atoms with E-state index in [0.717, 1.165) is 11.4 Å². The second-order valence-electron chi connectivity index (χ2n) is 6.34. The van der Waals surface area contributed by atoms with E-state index < -0.39 is 0 Å². The molecule has 8 nitrogen and oxygen atoms in total. The minimum atomic E-state index is -0.0862. The number of carbonyl (C=O) groups is 1. The van der Waals surface area contributed by atoms with Gasteiger partial charge < -0.3 is 19.2 Å². The van der Waals surface area contributed by atoms with Crippen LogP contribution < -0.4 is 10.1 Å². The summed E-state index contributed by atoms with van der Waals surface area (Å²) >= 11 is 0. The van der Waals surface area contributed by atoms with Gasteiger partial charge in [-0.2, -0.15) is 4.98 Å². The maximum Gasteiger partial charge on any atom is 0.336 e. The topological polar surface area (TPSA) is 91.4 Å². The number of benzene rings is 1. The van der Waals surface area contributed by atoms with Gasteiger partial charge in [-0.05, 0) is 43.3 Å². The van der Waals surface area contributed by atoms with Crippen molar-refractivity contribution in [3.05, 3.63) is 42.7 Å².